The summed E-state index contributed by atoms with van der Waals surface area (Å²) in [7, 11) is 0. The average Bonchev–Trinajstić information content (AvgIpc) is 2.58. The van der Waals surface area contributed by atoms with Gasteiger partial charge in [-0.1, -0.05) is 12.5 Å². The van der Waals surface area contributed by atoms with Crippen molar-refractivity contribution < 1.29 is 9.84 Å². The molecule has 0 bridgehead atoms. The standard InChI is InChI=1S/C14H25NO2/c1-14(16,10-13-11-17-9-8-15-13)12-6-4-2-3-5-7-12/h6,13,15-16H,2-5,7-11H2,1H3. The predicted molar refractivity (Wildman–Crippen MR) is 69.0 cm³/mol. The third-order valence-electron chi connectivity index (χ3n) is 3.88. The maximum Gasteiger partial charge on any atom is 0.0844 e. The van der Waals surface area contributed by atoms with Gasteiger partial charge in [-0.15, -0.1) is 0 Å². The van der Waals surface area contributed by atoms with Gasteiger partial charge in [-0.05, 0) is 44.6 Å². The van der Waals surface area contributed by atoms with Crippen LogP contribution in [0.3, 0.4) is 0 Å². The molecule has 0 aromatic heterocycles. The van der Waals surface area contributed by atoms with Crippen molar-refractivity contribution in [3.05, 3.63) is 11.6 Å². The normalized spacial score (nSPS) is 30.2. The van der Waals surface area contributed by atoms with E-state index in [0.717, 1.165) is 39.0 Å². The molecule has 0 radical (unpaired) electrons. The van der Waals surface area contributed by atoms with E-state index in [9.17, 15) is 5.11 Å². The van der Waals surface area contributed by atoms with Crippen LogP contribution in [-0.2, 0) is 4.74 Å². The highest BCUT2D eigenvalue weighted by Gasteiger charge is 2.30. The molecule has 1 heterocycles. The van der Waals surface area contributed by atoms with E-state index in [2.05, 4.69) is 11.4 Å². The van der Waals surface area contributed by atoms with Crippen molar-refractivity contribution in [1.82, 2.24) is 5.32 Å². The quantitative estimate of drug-likeness (QED) is 0.740. The molecular formula is C14H25NO2. The van der Waals surface area contributed by atoms with Gasteiger partial charge in [-0.25, -0.2) is 0 Å². The molecule has 17 heavy (non-hydrogen) atoms. The van der Waals surface area contributed by atoms with Crippen molar-refractivity contribution >= 4 is 0 Å². The lowest BCUT2D eigenvalue weighted by atomic mass is 9.86. The molecule has 0 spiro atoms. The Balaban J connectivity index is 1.93. The molecule has 2 unspecified atom stereocenters. The second kappa shape index (κ2) is 5.98. The number of rotatable bonds is 3. The van der Waals surface area contributed by atoms with Crippen LogP contribution in [0.4, 0.5) is 0 Å². The largest absolute Gasteiger partial charge is 0.386 e. The summed E-state index contributed by atoms with van der Waals surface area (Å²) in [6, 6.07) is 0.294. The third kappa shape index (κ3) is 3.80. The van der Waals surface area contributed by atoms with Crippen molar-refractivity contribution in [2.45, 2.75) is 57.1 Å². The molecule has 0 amide bonds. The van der Waals surface area contributed by atoms with Crippen molar-refractivity contribution in [2.75, 3.05) is 19.8 Å². The van der Waals surface area contributed by atoms with Gasteiger partial charge in [-0.2, -0.15) is 0 Å². The summed E-state index contributed by atoms with van der Waals surface area (Å²) in [6.07, 6.45) is 8.98. The van der Waals surface area contributed by atoms with Gasteiger partial charge in [0.05, 0.1) is 18.8 Å². The highest BCUT2D eigenvalue weighted by atomic mass is 16.5. The summed E-state index contributed by atoms with van der Waals surface area (Å²) in [5, 5.41) is 14.1. The van der Waals surface area contributed by atoms with Crippen LogP contribution in [0.2, 0.25) is 0 Å². The number of morpholine rings is 1. The van der Waals surface area contributed by atoms with Gasteiger partial charge in [0, 0.05) is 12.6 Å². The van der Waals surface area contributed by atoms with Crippen LogP contribution in [0.1, 0.15) is 45.4 Å². The Bertz CT molecular complexity index is 267. The molecule has 2 atom stereocenters. The van der Waals surface area contributed by atoms with Crippen LogP contribution in [0.15, 0.2) is 11.6 Å². The summed E-state index contributed by atoms with van der Waals surface area (Å²) in [4.78, 5) is 0. The van der Waals surface area contributed by atoms with Gasteiger partial charge >= 0.3 is 0 Å². The van der Waals surface area contributed by atoms with Gasteiger partial charge in [0.15, 0.2) is 0 Å². The Kier molecular flexibility index (Phi) is 4.60. The molecule has 0 saturated carbocycles. The number of ether oxygens (including phenoxy) is 1. The maximum atomic E-state index is 10.7. The Hall–Kier alpha value is -0.380. The molecule has 2 aliphatic rings. The lowest BCUT2D eigenvalue weighted by Gasteiger charge is -2.33. The van der Waals surface area contributed by atoms with Gasteiger partial charge < -0.3 is 15.2 Å². The Labute approximate surface area is 104 Å². The minimum atomic E-state index is -0.664. The van der Waals surface area contributed by atoms with Crippen LogP contribution in [0.5, 0.6) is 0 Å². The molecule has 0 aromatic rings. The van der Waals surface area contributed by atoms with Crippen molar-refractivity contribution in [3.63, 3.8) is 0 Å². The van der Waals surface area contributed by atoms with E-state index in [1.807, 2.05) is 6.92 Å². The molecule has 1 aliphatic carbocycles. The molecule has 2 N–H and O–H groups in total. The SMILES string of the molecule is CC(O)(CC1COCCN1)C1=CCCCCC1. The summed E-state index contributed by atoms with van der Waals surface area (Å²) in [6.45, 7) is 4.38. The molecule has 2 rings (SSSR count). The topological polar surface area (TPSA) is 41.5 Å². The minimum absolute atomic E-state index is 0.294. The molecule has 1 saturated heterocycles. The second-order valence-corrected chi connectivity index (χ2v) is 5.53. The summed E-state index contributed by atoms with van der Waals surface area (Å²) in [5.74, 6) is 0. The van der Waals surface area contributed by atoms with Crippen molar-refractivity contribution in [2.24, 2.45) is 0 Å². The molecule has 3 heteroatoms. The van der Waals surface area contributed by atoms with Gasteiger partial charge in [0.2, 0.25) is 0 Å². The van der Waals surface area contributed by atoms with E-state index < -0.39 is 5.60 Å². The predicted octanol–water partition coefficient (Wildman–Crippen LogP) is 2.01. The fraction of sp³-hybridized carbons (Fsp3) is 0.857. The summed E-state index contributed by atoms with van der Waals surface area (Å²) >= 11 is 0. The lowest BCUT2D eigenvalue weighted by Crippen LogP contribution is -2.46. The molecule has 0 aromatic carbocycles. The lowest BCUT2D eigenvalue weighted by molar-refractivity contribution is 0.0249. The van der Waals surface area contributed by atoms with E-state index in [4.69, 9.17) is 4.74 Å². The number of allylic oxidation sites excluding steroid dienone is 1. The zero-order chi connectivity index (χ0) is 12.1. The maximum absolute atomic E-state index is 10.7. The molecule has 1 aliphatic heterocycles. The Morgan fingerprint density at radius 2 is 2.35 bits per heavy atom. The van der Waals surface area contributed by atoms with Gasteiger partial charge in [0.1, 0.15) is 0 Å². The molecule has 1 fully saturated rings. The average molecular weight is 239 g/mol. The van der Waals surface area contributed by atoms with Crippen molar-refractivity contribution in [1.29, 1.82) is 0 Å². The summed E-state index contributed by atoms with van der Waals surface area (Å²) < 4.78 is 5.45. The van der Waals surface area contributed by atoms with Gasteiger partial charge in [0.25, 0.3) is 0 Å². The first kappa shape index (κ1) is 13.1. The zero-order valence-corrected chi connectivity index (χ0v) is 10.9. The Morgan fingerprint density at radius 1 is 1.47 bits per heavy atom. The van der Waals surface area contributed by atoms with E-state index >= 15 is 0 Å². The fourth-order valence-electron chi connectivity index (χ4n) is 2.87. The highest BCUT2D eigenvalue weighted by Crippen LogP contribution is 2.30. The third-order valence-corrected chi connectivity index (χ3v) is 3.88. The van der Waals surface area contributed by atoms with Crippen molar-refractivity contribution in [3.8, 4) is 0 Å². The van der Waals surface area contributed by atoms with E-state index in [1.165, 1.54) is 24.8 Å². The first-order valence-electron chi connectivity index (χ1n) is 6.91. The molecular weight excluding hydrogens is 214 g/mol. The second-order valence-electron chi connectivity index (χ2n) is 5.53. The van der Waals surface area contributed by atoms with Crippen LogP contribution < -0.4 is 5.32 Å². The molecule has 98 valence electrons. The monoisotopic (exact) mass is 239 g/mol. The van der Waals surface area contributed by atoms with Crippen LogP contribution >= 0.6 is 0 Å². The summed E-state index contributed by atoms with van der Waals surface area (Å²) in [5.41, 5.74) is 0.574. The van der Waals surface area contributed by atoms with E-state index in [0.29, 0.717) is 6.04 Å². The smallest absolute Gasteiger partial charge is 0.0844 e. The van der Waals surface area contributed by atoms with Crippen LogP contribution in [0, 0.1) is 0 Å². The minimum Gasteiger partial charge on any atom is -0.386 e. The number of hydrogen-bond acceptors (Lipinski definition) is 3. The molecule has 3 nitrogen and oxygen atoms in total. The number of aliphatic hydroxyl groups is 1. The van der Waals surface area contributed by atoms with Crippen LogP contribution in [-0.4, -0.2) is 36.5 Å². The van der Waals surface area contributed by atoms with E-state index in [1.54, 1.807) is 0 Å². The highest BCUT2D eigenvalue weighted by molar-refractivity contribution is 5.17. The van der Waals surface area contributed by atoms with E-state index in [-0.39, 0.29) is 0 Å². The number of nitrogens with one attached hydrogen (secondary N) is 1. The fourth-order valence-corrected chi connectivity index (χ4v) is 2.87. The zero-order valence-electron chi connectivity index (χ0n) is 10.9. The van der Waals surface area contributed by atoms with Gasteiger partial charge in [-0.3, -0.25) is 0 Å². The van der Waals surface area contributed by atoms with Crippen LogP contribution in [0.25, 0.3) is 0 Å². The Morgan fingerprint density at radius 3 is 3.12 bits per heavy atom. The first-order chi connectivity index (χ1) is 8.18. The number of hydrogen-bond donors (Lipinski definition) is 2. The first-order valence-corrected chi connectivity index (χ1v) is 6.91.